The Morgan fingerprint density at radius 1 is 1.18 bits per heavy atom. The quantitative estimate of drug-likeness (QED) is 0.267. The number of ether oxygens (including phenoxy) is 1. The molecule has 0 spiro atoms. The average Bonchev–Trinajstić information content (AvgIpc) is 3.33. The first kappa shape index (κ1) is 31.7. The van der Waals surface area contributed by atoms with E-state index in [0.717, 1.165) is 11.4 Å². The number of carboxylic acid groups (broad SMARTS) is 1. The molecule has 2 N–H and O–H groups in total. The summed E-state index contributed by atoms with van der Waals surface area (Å²) in [6.07, 6.45) is 5.77. The molecule has 0 bridgehead atoms. The molecule has 1 aliphatic rings. The molecule has 0 saturated heterocycles. The van der Waals surface area contributed by atoms with Gasteiger partial charge in [0, 0.05) is 62.3 Å². The topological polar surface area (TPSA) is 139 Å². The van der Waals surface area contributed by atoms with Gasteiger partial charge in [-0.3, -0.25) is 19.2 Å². The van der Waals surface area contributed by atoms with Crippen LogP contribution in [0.1, 0.15) is 92.8 Å². The molecule has 0 aliphatic heterocycles. The number of aliphatic carboxylic acids is 1. The van der Waals surface area contributed by atoms with Crippen molar-refractivity contribution in [2.45, 2.75) is 90.8 Å². The van der Waals surface area contributed by atoms with Crippen LogP contribution in [-0.2, 0) is 25.5 Å². The lowest BCUT2D eigenvalue weighted by molar-refractivity contribution is -0.148. The number of rotatable bonds is 16. The van der Waals surface area contributed by atoms with Gasteiger partial charge in [0.15, 0.2) is 6.10 Å². The maximum absolute atomic E-state index is 13.2. The van der Waals surface area contributed by atoms with E-state index in [-0.39, 0.29) is 30.0 Å². The summed E-state index contributed by atoms with van der Waals surface area (Å²) in [6.45, 7) is 6.99. The van der Waals surface area contributed by atoms with Crippen LogP contribution in [0.4, 0.5) is 0 Å². The third kappa shape index (κ3) is 9.65. The van der Waals surface area contributed by atoms with Gasteiger partial charge in [-0.05, 0) is 24.7 Å². The van der Waals surface area contributed by atoms with Crippen LogP contribution in [0.2, 0.25) is 0 Å². The van der Waals surface area contributed by atoms with Crippen molar-refractivity contribution in [1.82, 2.24) is 20.2 Å². The Morgan fingerprint density at radius 3 is 2.48 bits per heavy atom. The van der Waals surface area contributed by atoms with Crippen LogP contribution in [0, 0.1) is 17.8 Å². The van der Waals surface area contributed by atoms with Gasteiger partial charge in [-0.15, -0.1) is 22.7 Å². The molecule has 1 saturated carbocycles. The summed E-state index contributed by atoms with van der Waals surface area (Å²) in [6, 6.07) is -0.628. The van der Waals surface area contributed by atoms with Crippen molar-refractivity contribution >= 4 is 46.4 Å². The highest BCUT2D eigenvalue weighted by atomic mass is 32.1. The number of aromatic nitrogens is 2. The highest BCUT2D eigenvalue weighted by molar-refractivity contribution is 7.10. The number of esters is 1. The maximum atomic E-state index is 13.2. The summed E-state index contributed by atoms with van der Waals surface area (Å²) in [5.74, 6) is -1.64. The molecule has 2 aromatic heterocycles. The van der Waals surface area contributed by atoms with Crippen LogP contribution in [-0.4, -0.2) is 62.9 Å². The second kappa shape index (κ2) is 14.7. The zero-order chi connectivity index (χ0) is 29.4. The smallest absolute Gasteiger partial charge is 0.306 e. The average molecular weight is 593 g/mol. The number of amides is 2. The van der Waals surface area contributed by atoms with Crippen molar-refractivity contribution in [3.05, 3.63) is 32.7 Å². The summed E-state index contributed by atoms with van der Waals surface area (Å²) < 4.78 is 5.65. The molecule has 0 unspecified atom stereocenters. The second-order valence-corrected chi connectivity index (χ2v) is 12.8. The fraction of sp³-hybridized carbons (Fsp3) is 0.643. The first-order chi connectivity index (χ1) is 18.9. The van der Waals surface area contributed by atoms with Crippen molar-refractivity contribution in [3.8, 4) is 0 Å². The highest BCUT2D eigenvalue weighted by Gasteiger charge is 2.32. The zero-order valence-corrected chi connectivity index (χ0v) is 25.4. The number of nitrogens with zero attached hydrogens (tertiary/aromatic N) is 3. The van der Waals surface area contributed by atoms with Crippen LogP contribution in [0.3, 0.4) is 0 Å². The Labute approximate surface area is 243 Å². The van der Waals surface area contributed by atoms with E-state index >= 15 is 0 Å². The standard InChI is InChI=1S/C28H40N4O6S2/c1-16(2)22(32(5)25(34)9-8-19-6-7-19)14-23(38-18(4)33)27-31-21(15-40-27)26(35)30-20(12-17(3)28(36)37)13-24-29-10-11-39-24/h10-11,15-17,19-20,22-23H,6-9,12-14H2,1-5H3,(H,30,35)(H,36,37)/t17-,20+,22+,23+/m0/s1. The van der Waals surface area contributed by atoms with Crippen molar-refractivity contribution in [3.63, 3.8) is 0 Å². The van der Waals surface area contributed by atoms with Gasteiger partial charge in [0.25, 0.3) is 5.91 Å². The molecular weight excluding hydrogens is 552 g/mol. The number of hydrogen-bond donors (Lipinski definition) is 2. The molecule has 2 amide bonds. The summed E-state index contributed by atoms with van der Waals surface area (Å²) in [4.78, 5) is 60.1. The monoisotopic (exact) mass is 592 g/mol. The Morgan fingerprint density at radius 2 is 1.90 bits per heavy atom. The normalized spacial score (nSPS) is 16.1. The minimum absolute atomic E-state index is 0.0771. The Kier molecular flexibility index (Phi) is 11.6. The third-order valence-corrected chi connectivity index (χ3v) is 8.96. The Bertz CT molecular complexity index is 1150. The predicted molar refractivity (Wildman–Crippen MR) is 153 cm³/mol. The Balaban J connectivity index is 1.72. The molecule has 1 fully saturated rings. The molecular formula is C28H40N4O6S2. The van der Waals surface area contributed by atoms with E-state index < -0.39 is 35.9 Å². The molecule has 2 aromatic rings. The molecule has 3 rings (SSSR count). The van der Waals surface area contributed by atoms with Gasteiger partial charge in [-0.1, -0.05) is 33.6 Å². The molecule has 2 heterocycles. The lowest BCUT2D eigenvalue weighted by Gasteiger charge is -2.33. The summed E-state index contributed by atoms with van der Waals surface area (Å²) in [5.41, 5.74) is 0.166. The molecule has 0 radical (unpaired) electrons. The van der Waals surface area contributed by atoms with E-state index in [1.165, 1.54) is 42.4 Å². The SMILES string of the molecule is CC(=O)O[C@H](C[C@H](C(C)C)N(C)C(=O)CCC1CC1)c1nc(C(=O)N[C@@H](Cc2nccs2)C[C@H](C)C(=O)O)cs1. The molecule has 1 aliphatic carbocycles. The van der Waals surface area contributed by atoms with Crippen LogP contribution in [0.5, 0.6) is 0 Å². The van der Waals surface area contributed by atoms with Gasteiger partial charge in [-0.25, -0.2) is 9.97 Å². The maximum Gasteiger partial charge on any atom is 0.306 e. The van der Waals surface area contributed by atoms with Crippen molar-refractivity contribution in [1.29, 1.82) is 0 Å². The van der Waals surface area contributed by atoms with Crippen LogP contribution < -0.4 is 5.32 Å². The number of carbonyl (C=O) groups is 4. The summed E-state index contributed by atoms with van der Waals surface area (Å²) in [5, 5.41) is 17.0. The lowest BCUT2D eigenvalue weighted by atomic mass is 9.96. The number of carboxylic acids is 1. The summed E-state index contributed by atoms with van der Waals surface area (Å²) in [7, 11) is 1.80. The van der Waals surface area contributed by atoms with Gasteiger partial charge < -0.3 is 20.1 Å². The molecule has 10 nitrogen and oxygen atoms in total. The highest BCUT2D eigenvalue weighted by Crippen LogP contribution is 2.34. The predicted octanol–water partition coefficient (Wildman–Crippen LogP) is 4.72. The first-order valence-electron chi connectivity index (χ1n) is 13.7. The molecule has 12 heteroatoms. The van der Waals surface area contributed by atoms with E-state index in [4.69, 9.17) is 4.74 Å². The van der Waals surface area contributed by atoms with Gasteiger partial charge in [-0.2, -0.15) is 0 Å². The van der Waals surface area contributed by atoms with Gasteiger partial charge in [0.05, 0.1) is 10.9 Å². The van der Waals surface area contributed by atoms with Crippen LogP contribution in [0.25, 0.3) is 0 Å². The molecule has 40 heavy (non-hydrogen) atoms. The fourth-order valence-electron chi connectivity index (χ4n) is 4.68. The first-order valence-corrected chi connectivity index (χ1v) is 15.5. The van der Waals surface area contributed by atoms with Crippen LogP contribution in [0.15, 0.2) is 17.0 Å². The van der Waals surface area contributed by atoms with E-state index in [0.29, 0.717) is 30.2 Å². The van der Waals surface area contributed by atoms with E-state index in [1.807, 2.05) is 19.2 Å². The van der Waals surface area contributed by atoms with Crippen molar-refractivity contribution < 1.29 is 29.0 Å². The minimum Gasteiger partial charge on any atom is -0.481 e. The third-order valence-electron chi connectivity index (χ3n) is 7.22. The second-order valence-electron chi connectivity index (χ2n) is 11.0. The molecule has 4 atom stereocenters. The van der Waals surface area contributed by atoms with E-state index in [1.54, 1.807) is 30.4 Å². The van der Waals surface area contributed by atoms with E-state index in [2.05, 4.69) is 15.3 Å². The molecule has 0 aromatic carbocycles. The van der Waals surface area contributed by atoms with Crippen LogP contribution >= 0.6 is 22.7 Å². The largest absolute Gasteiger partial charge is 0.481 e. The molecule has 220 valence electrons. The number of carbonyl (C=O) groups excluding carboxylic acids is 3. The van der Waals surface area contributed by atoms with E-state index in [9.17, 15) is 24.3 Å². The van der Waals surface area contributed by atoms with Crippen molar-refractivity contribution in [2.24, 2.45) is 17.8 Å². The number of thiazole rings is 2. The minimum atomic E-state index is -0.936. The number of hydrogen-bond acceptors (Lipinski definition) is 9. The zero-order valence-electron chi connectivity index (χ0n) is 23.8. The van der Waals surface area contributed by atoms with Gasteiger partial charge >= 0.3 is 11.9 Å². The Hall–Kier alpha value is -2.86. The lowest BCUT2D eigenvalue weighted by Crippen LogP contribution is -2.41. The number of nitrogens with one attached hydrogen (secondary N) is 1. The fourth-order valence-corrected chi connectivity index (χ4v) is 6.21. The van der Waals surface area contributed by atoms with Gasteiger partial charge in [0.2, 0.25) is 5.91 Å². The summed E-state index contributed by atoms with van der Waals surface area (Å²) >= 11 is 2.66. The van der Waals surface area contributed by atoms with Crippen molar-refractivity contribution in [2.75, 3.05) is 7.05 Å². The van der Waals surface area contributed by atoms with Gasteiger partial charge in [0.1, 0.15) is 10.7 Å².